The van der Waals surface area contributed by atoms with Crippen molar-refractivity contribution in [2.24, 2.45) is 17.8 Å². The van der Waals surface area contributed by atoms with Crippen LogP contribution in [0.2, 0.25) is 0 Å². The Morgan fingerprint density at radius 3 is 2.27 bits per heavy atom. The Morgan fingerprint density at radius 1 is 1.18 bits per heavy atom. The van der Waals surface area contributed by atoms with Gasteiger partial charge in [-0.3, -0.25) is 0 Å². The summed E-state index contributed by atoms with van der Waals surface area (Å²) < 4.78 is 27.5. The Morgan fingerprint density at radius 2 is 1.77 bits per heavy atom. The number of benzene rings is 1. The molecule has 0 heterocycles. The third-order valence-electron chi connectivity index (χ3n) is 5.20. The minimum absolute atomic E-state index is 0.253. The largest absolute Gasteiger partial charge is 0.206 e. The molecule has 0 bridgehead atoms. The van der Waals surface area contributed by atoms with Gasteiger partial charge in [0, 0.05) is 0 Å². The van der Waals surface area contributed by atoms with Gasteiger partial charge in [0.1, 0.15) is 11.6 Å². The van der Waals surface area contributed by atoms with Gasteiger partial charge in [0.25, 0.3) is 0 Å². The summed E-state index contributed by atoms with van der Waals surface area (Å²) in [4.78, 5) is 0. The van der Waals surface area contributed by atoms with Crippen molar-refractivity contribution in [3.8, 4) is 12.3 Å². The van der Waals surface area contributed by atoms with Crippen molar-refractivity contribution in [1.29, 1.82) is 0 Å². The summed E-state index contributed by atoms with van der Waals surface area (Å²) in [5.41, 5.74) is 0.466. The lowest BCUT2D eigenvalue weighted by Gasteiger charge is -2.32. The van der Waals surface area contributed by atoms with Gasteiger partial charge in [-0.1, -0.05) is 45.5 Å². The molecule has 2 heteroatoms. The highest BCUT2D eigenvalue weighted by molar-refractivity contribution is 5.37. The lowest BCUT2D eigenvalue weighted by Crippen LogP contribution is -2.21. The molecular weight excluding hydrogens is 278 g/mol. The van der Waals surface area contributed by atoms with Crippen LogP contribution in [-0.2, 0) is 6.42 Å². The molecule has 0 nitrogen and oxygen atoms in total. The van der Waals surface area contributed by atoms with Crippen LogP contribution in [0.25, 0.3) is 0 Å². The fourth-order valence-corrected chi connectivity index (χ4v) is 3.87. The van der Waals surface area contributed by atoms with E-state index in [1.807, 2.05) is 0 Å². The highest BCUT2D eigenvalue weighted by atomic mass is 19.1. The molecule has 1 atom stereocenters. The molecule has 0 spiro atoms. The van der Waals surface area contributed by atoms with E-state index in [1.54, 1.807) is 0 Å². The SMILES string of the molecule is C#Cc1c(F)cc(CC(C)C2CCC(CCC)CC2)cc1F. The molecule has 1 aliphatic rings. The lowest BCUT2D eigenvalue weighted by molar-refractivity contribution is 0.206. The van der Waals surface area contributed by atoms with E-state index in [2.05, 4.69) is 19.8 Å². The van der Waals surface area contributed by atoms with Crippen LogP contribution in [0.3, 0.4) is 0 Å². The number of hydrogen-bond acceptors (Lipinski definition) is 0. The Labute approximate surface area is 133 Å². The van der Waals surface area contributed by atoms with Crippen LogP contribution in [0.1, 0.15) is 63.5 Å². The second-order valence-electron chi connectivity index (χ2n) is 6.83. The molecule has 0 aromatic heterocycles. The maximum Gasteiger partial charge on any atom is 0.142 e. The van der Waals surface area contributed by atoms with Crippen LogP contribution >= 0.6 is 0 Å². The molecule has 22 heavy (non-hydrogen) atoms. The molecule has 1 aromatic carbocycles. The Kier molecular flexibility index (Phi) is 6.00. The predicted molar refractivity (Wildman–Crippen MR) is 87.5 cm³/mol. The monoisotopic (exact) mass is 304 g/mol. The molecule has 0 radical (unpaired) electrons. The highest BCUT2D eigenvalue weighted by Gasteiger charge is 2.25. The summed E-state index contributed by atoms with van der Waals surface area (Å²) in [6, 6.07) is 2.80. The fraction of sp³-hybridized carbons (Fsp3) is 0.600. The Bertz CT molecular complexity index is 510. The van der Waals surface area contributed by atoms with Crippen molar-refractivity contribution in [3.63, 3.8) is 0 Å². The first-order valence-corrected chi connectivity index (χ1v) is 8.49. The zero-order chi connectivity index (χ0) is 16.1. The first kappa shape index (κ1) is 17.0. The lowest BCUT2D eigenvalue weighted by atomic mass is 9.73. The van der Waals surface area contributed by atoms with E-state index in [4.69, 9.17) is 6.42 Å². The summed E-state index contributed by atoms with van der Waals surface area (Å²) in [7, 11) is 0. The molecule has 0 aliphatic heterocycles. The van der Waals surface area contributed by atoms with E-state index < -0.39 is 11.6 Å². The maximum atomic E-state index is 13.8. The van der Waals surface area contributed by atoms with Crippen molar-refractivity contribution >= 4 is 0 Å². The smallest absolute Gasteiger partial charge is 0.142 e. The van der Waals surface area contributed by atoms with Crippen molar-refractivity contribution in [1.82, 2.24) is 0 Å². The quantitative estimate of drug-likeness (QED) is 0.609. The molecule has 1 unspecified atom stereocenters. The first-order valence-electron chi connectivity index (χ1n) is 8.49. The molecule has 0 amide bonds. The highest BCUT2D eigenvalue weighted by Crippen LogP contribution is 2.36. The third-order valence-corrected chi connectivity index (χ3v) is 5.20. The number of terminal acetylenes is 1. The van der Waals surface area contributed by atoms with Crippen LogP contribution in [0.4, 0.5) is 8.78 Å². The van der Waals surface area contributed by atoms with E-state index in [0.717, 1.165) is 17.9 Å². The van der Waals surface area contributed by atoms with E-state index in [-0.39, 0.29) is 5.56 Å². The van der Waals surface area contributed by atoms with Crippen LogP contribution in [0, 0.1) is 41.7 Å². The zero-order valence-corrected chi connectivity index (χ0v) is 13.7. The average molecular weight is 304 g/mol. The van der Waals surface area contributed by atoms with Gasteiger partial charge in [0.05, 0.1) is 5.56 Å². The summed E-state index contributed by atoms with van der Waals surface area (Å²) in [5, 5.41) is 0. The number of rotatable bonds is 5. The van der Waals surface area contributed by atoms with Crippen LogP contribution in [0.15, 0.2) is 12.1 Å². The third kappa shape index (κ3) is 4.09. The van der Waals surface area contributed by atoms with E-state index >= 15 is 0 Å². The molecule has 0 N–H and O–H groups in total. The first-order chi connectivity index (χ1) is 10.5. The van der Waals surface area contributed by atoms with Crippen LogP contribution in [0.5, 0.6) is 0 Å². The van der Waals surface area contributed by atoms with Crippen molar-refractivity contribution in [2.45, 2.75) is 58.8 Å². The normalized spacial score (nSPS) is 23.0. The average Bonchev–Trinajstić information content (AvgIpc) is 2.48. The van der Waals surface area contributed by atoms with Gasteiger partial charge in [-0.2, -0.15) is 0 Å². The van der Waals surface area contributed by atoms with Crippen LogP contribution < -0.4 is 0 Å². The van der Waals surface area contributed by atoms with Gasteiger partial charge >= 0.3 is 0 Å². The Hall–Kier alpha value is -1.36. The van der Waals surface area contributed by atoms with Crippen LogP contribution in [-0.4, -0.2) is 0 Å². The summed E-state index contributed by atoms with van der Waals surface area (Å²) >= 11 is 0. The predicted octanol–water partition coefficient (Wildman–Crippen LogP) is 5.73. The molecule has 1 saturated carbocycles. The van der Waals surface area contributed by atoms with Gasteiger partial charge in [0.2, 0.25) is 0 Å². The minimum atomic E-state index is -0.614. The van der Waals surface area contributed by atoms with Gasteiger partial charge in [-0.25, -0.2) is 8.78 Å². The molecule has 1 aromatic rings. The summed E-state index contributed by atoms with van der Waals surface area (Å²) in [6.07, 6.45) is 13.6. The van der Waals surface area contributed by atoms with Crippen molar-refractivity contribution in [3.05, 3.63) is 34.9 Å². The van der Waals surface area contributed by atoms with Crippen molar-refractivity contribution in [2.75, 3.05) is 0 Å². The number of halogens is 2. The van der Waals surface area contributed by atoms with Gasteiger partial charge in [-0.05, 0) is 54.7 Å². The van der Waals surface area contributed by atoms with Gasteiger partial charge in [-0.15, -0.1) is 6.42 Å². The molecule has 1 aliphatic carbocycles. The maximum absolute atomic E-state index is 13.8. The molecule has 0 saturated heterocycles. The number of hydrogen-bond donors (Lipinski definition) is 0. The topological polar surface area (TPSA) is 0 Å². The standard InChI is InChI=1S/C20H26F2/c1-4-6-15-7-9-17(10-8-15)14(3)11-16-12-19(21)18(5-2)20(22)13-16/h2,12-15,17H,4,6-11H2,1,3H3. The van der Waals surface area contributed by atoms with E-state index in [9.17, 15) is 8.78 Å². The Balaban J connectivity index is 1.95. The minimum Gasteiger partial charge on any atom is -0.206 e. The van der Waals surface area contributed by atoms with E-state index in [0.29, 0.717) is 11.8 Å². The molecule has 1 fully saturated rings. The molecule has 2 rings (SSSR count). The zero-order valence-electron chi connectivity index (χ0n) is 13.7. The summed E-state index contributed by atoms with van der Waals surface area (Å²) in [6.45, 7) is 4.45. The van der Waals surface area contributed by atoms with Gasteiger partial charge < -0.3 is 0 Å². The van der Waals surface area contributed by atoms with Gasteiger partial charge in [0.15, 0.2) is 0 Å². The van der Waals surface area contributed by atoms with E-state index in [1.165, 1.54) is 50.7 Å². The fourth-order valence-electron chi connectivity index (χ4n) is 3.87. The molecule has 120 valence electrons. The second kappa shape index (κ2) is 7.77. The second-order valence-corrected chi connectivity index (χ2v) is 6.83. The molecular formula is C20H26F2. The summed E-state index contributed by atoms with van der Waals surface area (Å²) in [5.74, 6) is 2.86. The van der Waals surface area contributed by atoms with Crippen molar-refractivity contribution < 1.29 is 8.78 Å².